The van der Waals surface area contributed by atoms with Gasteiger partial charge in [-0.15, -0.1) is 5.10 Å². The van der Waals surface area contributed by atoms with Crippen molar-refractivity contribution >= 4 is 11.8 Å². The van der Waals surface area contributed by atoms with Gasteiger partial charge in [-0.05, 0) is 0 Å². The molecule has 0 unspecified atom stereocenters. The Hall–Kier alpha value is -2.38. The van der Waals surface area contributed by atoms with E-state index in [-0.39, 0.29) is 12.0 Å². The van der Waals surface area contributed by atoms with E-state index in [0.717, 1.165) is 0 Å². The highest BCUT2D eigenvalue weighted by atomic mass is 16.5. The van der Waals surface area contributed by atoms with Crippen LogP contribution in [0, 0.1) is 0 Å². The molecule has 0 bridgehead atoms. The van der Waals surface area contributed by atoms with E-state index in [9.17, 15) is 0 Å². The molecule has 0 radical (unpaired) electrons. The van der Waals surface area contributed by atoms with Crippen LogP contribution in [0.2, 0.25) is 0 Å². The van der Waals surface area contributed by atoms with Crippen molar-refractivity contribution in [2.24, 2.45) is 7.05 Å². The minimum Gasteiger partial charge on any atom is -0.404 e. The summed E-state index contributed by atoms with van der Waals surface area (Å²) < 4.78 is 6.83. The number of nitrogens with one attached hydrogen (secondary N) is 1. The van der Waals surface area contributed by atoms with Crippen molar-refractivity contribution in [3.63, 3.8) is 0 Å². The first-order chi connectivity index (χ1) is 7.67. The third-order valence-electron chi connectivity index (χ3n) is 1.75. The molecule has 0 aliphatic heterocycles. The highest BCUT2D eigenvalue weighted by Gasteiger charge is 2.06. The largest absolute Gasteiger partial charge is 0.404 e. The van der Waals surface area contributed by atoms with E-state index < -0.39 is 0 Å². The van der Waals surface area contributed by atoms with Crippen molar-refractivity contribution in [1.29, 1.82) is 0 Å². The number of hydrogen-bond donors (Lipinski definition) is 2. The maximum Gasteiger partial charge on any atom is 0.342 e. The molecule has 0 saturated carbocycles. The molecular formula is C8H11N7O. The Morgan fingerprint density at radius 1 is 1.44 bits per heavy atom. The first-order valence-corrected chi connectivity index (χ1v) is 4.53. The van der Waals surface area contributed by atoms with Gasteiger partial charge < -0.3 is 15.8 Å². The molecule has 3 N–H and O–H groups in total. The first-order valence-electron chi connectivity index (χ1n) is 4.53. The van der Waals surface area contributed by atoms with Gasteiger partial charge in [0.25, 0.3) is 0 Å². The molecule has 0 aromatic carbocycles. The third kappa shape index (κ3) is 2.16. The molecule has 0 spiro atoms. The fraction of sp³-hybridized carbons (Fsp3) is 0.250. The molecule has 0 atom stereocenters. The van der Waals surface area contributed by atoms with Crippen molar-refractivity contribution in [3.8, 4) is 11.9 Å². The lowest BCUT2D eigenvalue weighted by molar-refractivity contribution is 0.422. The Bertz CT molecular complexity index is 495. The molecule has 16 heavy (non-hydrogen) atoms. The lowest BCUT2D eigenvalue weighted by Gasteiger charge is -2.03. The molecule has 8 nitrogen and oxygen atoms in total. The quantitative estimate of drug-likeness (QED) is 0.752. The normalized spacial score (nSPS) is 10.1. The zero-order valence-corrected chi connectivity index (χ0v) is 8.88. The topological polar surface area (TPSA) is 104 Å². The van der Waals surface area contributed by atoms with Crippen LogP contribution in [-0.2, 0) is 7.05 Å². The highest BCUT2D eigenvalue weighted by molar-refractivity contribution is 5.42. The Kier molecular flexibility index (Phi) is 2.54. The summed E-state index contributed by atoms with van der Waals surface area (Å²) in [5, 5.41) is 6.79. The summed E-state index contributed by atoms with van der Waals surface area (Å²) in [6, 6.07) is 1.81. The second kappa shape index (κ2) is 4.01. The average Bonchev–Trinajstić information content (AvgIpc) is 2.63. The van der Waals surface area contributed by atoms with Gasteiger partial charge in [-0.3, -0.25) is 4.68 Å². The molecule has 0 aliphatic carbocycles. The maximum absolute atomic E-state index is 5.51. The molecule has 2 aromatic rings. The van der Waals surface area contributed by atoms with Gasteiger partial charge in [-0.2, -0.15) is 15.0 Å². The van der Waals surface area contributed by atoms with Gasteiger partial charge in [0, 0.05) is 20.2 Å². The van der Waals surface area contributed by atoms with Crippen molar-refractivity contribution in [1.82, 2.24) is 24.7 Å². The average molecular weight is 221 g/mol. The van der Waals surface area contributed by atoms with Crippen LogP contribution in [0.3, 0.4) is 0 Å². The van der Waals surface area contributed by atoms with Gasteiger partial charge in [0.2, 0.25) is 11.8 Å². The number of anilines is 2. The van der Waals surface area contributed by atoms with Gasteiger partial charge in [0.05, 0.1) is 0 Å². The zero-order chi connectivity index (χ0) is 11.5. The van der Waals surface area contributed by atoms with Crippen LogP contribution in [0.25, 0.3) is 0 Å². The van der Waals surface area contributed by atoms with Gasteiger partial charge in [0.1, 0.15) is 12.1 Å². The SMILES string of the molecule is CNc1cc(Oc2ncn(C)n2)nc(N)n1. The summed E-state index contributed by atoms with van der Waals surface area (Å²) in [7, 11) is 3.47. The van der Waals surface area contributed by atoms with Crippen LogP contribution >= 0.6 is 0 Å². The fourth-order valence-electron chi connectivity index (χ4n) is 1.08. The molecule has 0 saturated heterocycles. The third-order valence-corrected chi connectivity index (χ3v) is 1.75. The lowest BCUT2D eigenvalue weighted by Crippen LogP contribution is -2.01. The monoisotopic (exact) mass is 221 g/mol. The smallest absolute Gasteiger partial charge is 0.342 e. The summed E-state index contributed by atoms with van der Waals surface area (Å²) >= 11 is 0. The number of ether oxygens (including phenoxy) is 1. The minimum atomic E-state index is 0.123. The van der Waals surface area contributed by atoms with Crippen molar-refractivity contribution < 1.29 is 4.74 Å². The predicted octanol–water partition coefficient (Wildman–Crippen LogP) is 0.0213. The summed E-state index contributed by atoms with van der Waals surface area (Å²) in [5.41, 5.74) is 5.51. The van der Waals surface area contributed by atoms with E-state index >= 15 is 0 Å². The number of nitrogens with two attached hydrogens (primary N) is 1. The number of aromatic nitrogens is 5. The summed E-state index contributed by atoms with van der Waals surface area (Å²) in [6.45, 7) is 0. The standard InChI is InChI=1S/C8H11N7O/c1-10-5-3-6(13-7(9)12-5)16-8-11-4-15(2)14-8/h3-4H,1-2H3,(H3,9,10,12,13). The Balaban J connectivity index is 2.24. The van der Waals surface area contributed by atoms with E-state index in [4.69, 9.17) is 10.5 Å². The molecule has 84 valence electrons. The molecule has 0 fully saturated rings. The summed E-state index contributed by atoms with van der Waals surface area (Å²) in [4.78, 5) is 11.7. The van der Waals surface area contributed by atoms with Crippen LogP contribution in [-0.4, -0.2) is 31.8 Å². The van der Waals surface area contributed by atoms with Gasteiger partial charge in [-0.25, -0.2) is 0 Å². The first kappa shape index (κ1) is 10.1. The molecule has 8 heteroatoms. The number of nitrogens with zero attached hydrogens (tertiary/aromatic N) is 5. The summed E-state index contributed by atoms with van der Waals surface area (Å²) in [6.07, 6.45) is 1.53. The highest BCUT2D eigenvalue weighted by Crippen LogP contribution is 2.18. The number of nitrogen functional groups attached to an aromatic ring is 1. The van der Waals surface area contributed by atoms with Crippen molar-refractivity contribution in [3.05, 3.63) is 12.4 Å². The Labute approximate surface area is 91.5 Å². The molecule has 2 rings (SSSR count). The van der Waals surface area contributed by atoms with Gasteiger partial charge in [0.15, 0.2) is 0 Å². The van der Waals surface area contributed by atoms with Crippen molar-refractivity contribution in [2.45, 2.75) is 0 Å². The molecule has 0 aliphatic rings. The summed E-state index contributed by atoms with van der Waals surface area (Å²) in [5.74, 6) is 0.985. The number of hydrogen-bond acceptors (Lipinski definition) is 7. The number of aryl methyl sites for hydroxylation is 1. The van der Waals surface area contributed by atoms with Crippen LogP contribution in [0.4, 0.5) is 11.8 Å². The van der Waals surface area contributed by atoms with E-state index in [2.05, 4.69) is 25.4 Å². The van der Waals surface area contributed by atoms with E-state index in [1.54, 1.807) is 20.2 Å². The van der Waals surface area contributed by atoms with Crippen LogP contribution < -0.4 is 15.8 Å². The molecule has 2 aromatic heterocycles. The second-order valence-electron chi connectivity index (χ2n) is 3.00. The predicted molar refractivity (Wildman–Crippen MR) is 57.1 cm³/mol. The molecular weight excluding hydrogens is 210 g/mol. The van der Waals surface area contributed by atoms with Crippen LogP contribution in [0.15, 0.2) is 12.4 Å². The number of rotatable bonds is 3. The lowest BCUT2D eigenvalue weighted by atomic mass is 10.5. The van der Waals surface area contributed by atoms with Crippen molar-refractivity contribution in [2.75, 3.05) is 18.1 Å². The molecule has 0 amide bonds. The van der Waals surface area contributed by atoms with Gasteiger partial charge in [-0.1, -0.05) is 0 Å². The Morgan fingerprint density at radius 2 is 2.25 bits per heavy atom. The fourth-order valence-corrected chi connectivity index (χ4v) is 1.08. The van der Waals surface area contributed by atoms with Crippen LogP contribution in [0.1, 0.15) is 0 Å². The van der Waals surface area contributed by atoms with E-state index in [1.165, 1.54) is 11.0 Å². The van der Waals surface area contributed by atoms with Gasteiger partial charge >= 0.3 is 6.01 Å². The van der Waals surface area contributed by atoms with Crippen LogP contribution in [0.5, 0.6) is 11.9 Å². The van der Waals surface area contributed by atoms with E-state index in [1.807, 2.05) is 0 Å². The maximum atomic E-state index is 5.51. The Morgan fingerprint density at radius 3 is 2.88 bits per heavy atom. The zero-order valence-electron chi connectivity index (χ0n) is 8.88. The second-order valence-corrected chi connectivity index (χ2v) is 3.00. The molecule has 2 heterocycles. The van der Waals surface area contributed by atoms with E-state index in [0.29, 0.717) is 11.7 Å². The minimum absolute atomic E-state index is 0.123.